The second kappa shape index (κ2) is 6.87. The van der Waals surface area contributed by atoms with E-state index < -0.39 is 10.0 Å². The third-order valence-electron chi connectivity index (χ3n) is 4.17. The monoisotopic (exact) mass is 303 g/mol. The zero-order chi connectivity index (χ0) is 14.6. The molecule has 0 aromatic heterocycles. The second-order valence-electron chi connectivity index (χ2n) is 5.84. The first-order valence-corrected chi connectivity index (χ1v) is 9.28. The minimum atomic E-state index is -3.09. The van der Waals surface area contributed by atoms with Crippen molar-refractivity contribution >= 4 is 15.9 Å². The lowest BCUT2D eigenvalue weighted by molar-refractivity contribution is -0.122. The van der Waals surface area contributed by atoms with Crippen LogP contribution in [0.1, 0.15) is 38.5 Å². The number of carbonyl (C=O) groups excluding carboxylic acids is 1. The summed E-state index contributed by atoms with van der Waals surface area (Å²) in [7, 11) is -3.09. The average molecular weight is 303 g/mol. The van der Waals surface area contributed by atoms with Crippen molar-refractivity contribution in [2.45, 2.75) is 50.6 Å². The molecule has 20 heavy (non-hydrogen) atoms. The number of sulfonamides is 1. The summed E-state index contributed by atoms with van der Waals surface area (Å²) in [5.74, 6) is 0.0940. The van der Waals surface area contributed by atoms with Crippen molar-refractivity contribution in [2.24, 2.45) is 0 Å². The Balaban J connectivity index is 1.65. The van der Waals surface area contributed by atoms with Gasteiger partial charge in [0.25, 0.3) is 0 Å². The van der Waals surface area contributed by atoms with E-state index in [0.29, 0.717) is 38.4 Å². The fraction of sp³-hybridized carbons (Fsp3) is 0.923. The summed E-state index contributed by atoms with van der Waals surface area (Å²) in [6.07, 6.45) is 6.48. The molecule has 6 nitrogen and oxygen atoms in total. The van der Waals surface area contributed by atoms with Gasteiger partial charge in [0.1, 0.15) is 0 Å². The maximum atomic E-state index is 11.9. The highest BCUT2D eigenvalue weighted by atomic mass is 32.2. The molecule has 1 amide bonds. The number of hydrogen-bond donors (Lipinski definition) is 2. The summed E-state index contributed by atoms with van der Waals surface area (Å²) in [5.41, 5.74) is 0. The van der Waals surface area contributed by atoms with Crippen molar-refractivity contribution in [3.8, 4) is 0 Å². The Labute approximate surface area is 121 Å². The van der Waals surface area contributed by atoms with Gasteiger partial charge >= 0.3 is 0 Å². The molecule has 2 heterocycles. The molecule has 0 bridgehead atoms. The molecule has 0 spiro atoms. The normalized spacial score (nSPS) is 25.8. The lowest BCUT2D eigenvalue weighted by Gasteiger charge is -2.30. The van der Waals surface area contributed by atoms with Gasteiger partial charge in [-0.2, -0.15) is 0 Å². The molecular formula is C13H25N3O3S. The van der Waals surface area contributed by atoms with Gasteiger partial charge in [0.05, 0.1) is 6.26 Å². The van der Waals surface area contributed by atoms with Crippen LogP contribution in [0.5, 0.6) is 0 Å². The van der Waals surface area contributed by atoms with Crippen LogP contribution in [0.15, 0.2) is 0 Å². The van der Waals surface area contributed by atoms with E-state index in [-0.39, 0.29) is 11.9 Å². The summed E-state index contributed by atoms with van der Waals surface area (Å²) in [6.45, 7) is 2.08. The average Bonchev–Trinajstić information content (AvgIpc) is 2.89. The lowest BCUT2D eigenvalue weighted by atomic mass is 10.1. The van der Waals surface area contributed by atoms with Gasteiger partial charge in [0.15, 0.2) is 0 Å². The third kappa shape index (κ3) is 4.71. The maximum Gasteiger partial charge on any atom is 0.220 e. The van der Waals surface area contributed by atoms with Gasteiger partial charge in [-0.05, 0) is 38.6 Å². The molecule has 2 aliphatic heterocycles. The van der Waals surface area contributed by atoms with Crippen molar-refractivity contribution in [1.82, 2.24) is 14.9 Å². The first-order chi connectivity index (χ1) is 9.45. The highest BCUT2D eigenvalue weighted by molar-refractivity contribution is 7.88. The van der Waals surface area contributed by atoms with Crippen LogP contribution in [0.2, 0.25) is 0 Å². The number of rotatable bonds is 5. The Hall–Kier alpha value is -0.660. The van der Waals surface area contributed by atoms with Crippen molar-refractivity contribution in [3.63, 3.8) is 0 Å². The molecule has 0 aromatic rings. The zero-order valence-corrected chi connectivity index (χ0v) is 12.9. The number of nitrogens with one attached hydrogen (secondary N) is 2. The molecule has 0 aromatic carbocycles. The summed E-state index contributed by atoms with van der Waals surface area (Å²) in [4.78, 5) is 11.9. The van der Waals surface area contributed by atoms with Gasteiger partial charge in [-0.25, -0.2) is 12.7 Å². The Morgan fingerprint density at radius 2 is 2.00 bits per heavy atom. The number of nitrogens with zero attached hydrogens (tertiary/aromatic N) is 1. The molecule has 7 heteroatoms. The predicted molar refractivity (Wildman–Crippen MR) is 77.8 cm³/mol. The van der Waals surface area contributed by atoms with Crippen LogP contribution in [-0.4, -0.2) is 56.6 Å². The van der Waals surface area contributed by atoms with Crippen LogP contribution in [-0.2, 0) is 14.8 Å². The third-order valence-corrected chi connectivity index (χ3v) is 5.47. The van der Waals surface area contributed by atoms with Crippen LogP contribution in [0, 0.1) is 0 Å². The molecule has 0 radical (unpaired) electrons. The summed E-state index contributed by atoms with van der Waals surface area (Å²) < 4.78 is 24.3. The summed E-state index contributed by atoms with van der Waals surface area (Å²) >= 11 is 0. The number of amides is 1. The molecule has 2 aliphatic rings. The standard InChI is InChI=1S/C13H25N3O3S/c1-20(18,19)16-9-6-12(7-10-16)15-13(17)5-4-11-3-2-8-14-11/h11-12,14H,2-10H2,1H3,(H,15,17). The summed E-state index contributed by atoms with van der Waals surface area (Å²) in [5, 5.41) is 6.41. The largest absolute Gasteiger partial charge is 0.353 e. The van der Waals surface area contributed by atoms with Crippen LogP contribution in [0.4, 0.5) is 0 Å². The van der Waals surface area contributed by atoms with E-state index in [1.54, 1.807) is 0 Å². The fourth-order valence-corrected chi connectivity index (χ4v) is 3.81. The van der Waals surface area contributed by atoms with E-state index >= 15 is 0 Å². The maximum absolute atomic E-state index is 11.9. The van der Waals surface area contributed by atoms with Gasteiger partial charge in [-0.1, -0.05) is 0 Å². The van der Waals surface area contributed by atoms with Crippen molar-refractivity contribution in [1.29, 1.82) is 0 Å². The van der Waals surface area contributed by atoms with Crippen molar-refractivity contribution in [3.05, 3.63) is 0 Å². The van der Waals surface area contributed by atoms with Crippen LogP contribution < -0.4 is 10.6 Å². The SMILES string of the molecule is CS(=O)(=O)N1CCC(NC(=O)CCC2CCCN2)CC1. The van der Waals surface area contributed by atoms with Crippen LogP contribution in [0.3, 0.4) is 0 Å². The van der Waals surface area contributed by atoms with Gasteiger partial charge in [-0.15, -0.1) is 0 Å². The Kier molecular flexibility index (Phi) is 5.40. The minimum Gasteiger partial charge on any atom is -0.353 e. The number of hydrogen-bond acceptors (Lipinski definition) is 4. The molecule has 1 unspecified atom stereocenters. The first-order valence-electron chi connectivity index (χ1n) is 7.43. The van der Waals surface area contributed by atoms with E-state index in [4.69, 9.17) is 0 Å². The molecule has 0 aliphatic carbocycles. The van der Waals surface area contributed by atoms with E-state index in [9.17, 15) is 13.2 Å². The van der Waals surface area contributed by atoms with Crippen LogP contribution >= 0.6 is 0 Å². The van der Waals surface area contributed by atoms with E-state index in [2.05, 4.69) is 10.6 Å². The Morgan fingerprint density at radius 3 is 2.55 bits per heavy atom. The zero-order valence-electron chi connectivity index (χ0n) is 12.1. The number of piperidine rings is 1. The molecule has 2 fully saturated rings. The minimum absolute atomic E-state index is 0.0940. The van der Waals surface area contributed by atoms with Crippen molar-refractivity contribution in [2.75, 3.05) is 25.9 Å². The highest BCUT2D eigenvalue weighted by Crippen LogP contribution is 2.14. The highest BCUT2D eigenvalue weighted by Gasteiger charge is 2.25. The molecule has 2 N–H and O–H groups in total. The molecule has 0 saturated carbocycles. The predicted octanol–water partition coefficient (Wildman–Crippen LogP) is 0.0588. The quantitative estimate of drug-likeness (QED) is 0.753. The Bertz CT molecular complexity index is 424. The first kappa shape index (κ1) is 15.7. The van der Waals surface area contributed by atoms with Gasteiger partial charge in [0.2, 0.25) is 15.9 Å². The number of carbonyl (C=O) groups is 1. The van der Waals surface area contributed by atoms with Gasteiger partial charge in [-0.3, -0.25) is 4.79 Å². The van der Waals surface area contributed by atoms with Crippen molar-refractivity contribution < 1.29 is 13.2 Å². The van der Waals surface area contributed by atoms with E-state index in [1.807, 2.05) is 0 Å². The fourth-order valence-electron chi connectivity index (χ4n) is 2.94. The molecule has 116 valence electrons. The molecule has 1 atom stereocenters. The molecule has 2 saturated heterocycles. The molecule has 2 rings (SSSR count). The second-order valence-corrected chi connectivity index (χ2v) is 7.82. The molecular weight excluding hydrogens is 278 g/mol. The van der Waals surface area contributed by atoms with Gasteiger partial charge in [0, 0.05) is 31.6 Å². The smallest absolute Gasteiger partial charge is 0.220 e. The van der Waals surface area contributed by atoms with Crippen LogP contribution in [0.25, 0.3) is 0 Å². The summed E-state index contributed by atoms with van der Waals surface area (Å²) in [6, 6.07) is 0.616. The topological polar surface area (TPSA) is 78.5 Å². The van der Waals surface area contributed by atoms with Gasteiger partial charge < -0.3 is 10.6 Å². The Morgan fingerprint density at radius 1 is 1.30 bits per heavy atom. The lowest BCUT2D eigenvalue weighted by Crippen LogP contribution is -2.46. The van der Waals surface area contributed by atoms with E-state index in [0.717, 1.165) is 13.0 Å². The van der Waals surface area contributed by atoms with E-state index in [1.165, 1.54) is 23.4 Å².